The normalized spacial score (nSPS) is 24.8. The molecule has 1 aromatic heterocycles. The van der Waals surface area contributed by atoms with Gasteiger partial charge in [0.05, 0.1) is 5.25 Å². The highest BCUT2D eigenvalue weighted by atomic mass is 32.2. The highest BCUT2D eigenvalue weighted by Crippen LogP contribution is 2.25. The summed E-state index contributed by atoms with van der Waals surface area (Å²) < 4.78 is 22.9. The van der Waals surface area contributed by atoms with Crippen molar-refractivity contribution in [1.29, 1.82) is 0 Å². The fourth-order valence-electron chi connectivity index (χ4n) is 2.46. The molecule has 1 saturated carbocycles. The number of nitrogens with zero attached hydrogens (tertiary/aromatic N) is 1. The van der Waals surface area contributed by atoms with Crippen LogP contribution in [0, 0.1) is 6.92 Å². The molecule has 1 N–H and O–H groups in total. The summed E-state index contributed by atoms with van der Waals surface area (Å²) >= 11 is 0. The van der Waals surface area contributed by atoms with E-state index < -0.39 is 9.84 Å². The third-order valence-electron chi connectivity index (χ3n) is 3.55. The van der Waals surface area contributed by atoms with E-state index in [1.54, 1.807) is 6.20 Å². The fourth-order valence-corrected chi connectivity index (χ4v) is 3.59. The molecule has 0 spiro atoms. The van der Waals surface area contributed by atoms with Crippen LogP contribution in [0.2, 0.25) is 0 Å². The lowest BCUT2D eigenvalue weighted by Crippen LogP contribution is -2.32. The van der Waals surface area contributed by atoms with Crippen LogP contribution < -0.4 is 5.32 Å². The smallest absolute Gasteiger partial charge is 0.150 e. The van der Waals surface area contributed by atoms with Crippen LogP contribution in [-0.4, -0.2) is 30.9 Å². The quantitative estimate of drug-likeness (QED) is 0.912. The Morgan fingerprint density at radius 3 is 2.50 bits per heavy atom. The lowest BCUT2D eigenvalue weighted by atomic mass is 9.95. The van der Waals surface area contributed by atoms with Gasteiger partial charge >= 0.3 is 0 Å². The third-order valence-corrected chi connectivity index (χ3v) is 5.23. The molecule has 2 rings (SSSR count). The Bertz CT molecular complexity index is 505. The van der Waals surface area contributed by atoms with E-state index in [-0.39, 0.29) is 5.25 Å². The van der Waals surface area contributed by atoms with Crippen molar-refractivity contribution >= 4 is 15.7 Å². The topological polar surface area (TPSA) is 59.1 Å². The molecule has 100 valence electrons. The van der Waals surface area contributed by atoms with E-state index in [9.17, 15) is 8.42 Å². The van der Waals surface area contributed by atoms with Crippen molar-refractivity contribution < 1.29 is 8.42 Å². The Labute approximate surface area is 109 Å². The van der Waals surface area contributed by atoms with Gasteiger partial charge in [-0.2, -0.15) is 0 Å². The van der Waals surface area contributed by atoms with Crippen molar-refractivity contribution in [3.8, 4) is 0 Å². The van der Waals surface area contributed by atoms with Crippen LogP contribution in [0.4, 0.5) is 5.82 Å². The molecule has 1 aliphatic rings. The van der Waals surface area contributed by atoms with Crippen LogP contribution in [-0.2, 0) is 9.84 Å². The third kappa shape index (κ3) is 3.45. The molecule has 0 atom stereocenters. The summed E-state index contributed by atoms with van der Waals surface area (Å²) in [5, 5.41) is 3.24. The summed E-state index contributed by atoms with van der Waals surface area (Å²) in [6.45, 7) is 2.04. The molecule has 0 saturated heterocycles. The average molecular weight is 268 g/mol. The van der Waals surface area contributed by atoms with Crippen LogP contribution in [0.1, 0.15) is 31.2 Å². The summed E-state index contributed by atoms with van der Waals surface area (Å²) in [7, 11) is -2.87. The van der Waals surface area contributed by atoms with Crippen molar-refractivity contribution in [2.24, 2.45) is 0 Å². The average Bonchev–Trinajstić information content (AvgIpc) is 2.28. The van der Waals surface area contributed by atoms with E-state index in [2.05, 4.69) is 10.3 Å². The molecule has 5 heteroatoms. The maximum absolute atomic E-state index is 11.5. The first kappa shape index (κ1) is 13.3. The SMILES string of the molecule is Cc1ccnc(NC2CCC(S(C)(=O)=O)CC2)c1. The number of hydrogen-bond donors (Lipinski definition) is 1. The van der Waals surface area contributed by atoms with E-state index in [0.29, 0.717) is 6.04 Å². The first-order valence-electron chi connectivity index (χ1n) is 6.33. The minimum Gasteiger partial charge on any atom is -0.367 e. The van der Waals surface area contributed by atoms with Crippen LogP contribution in [0.25, 0.3) is 0 Å². The van der Waals surface area contributed by atoms with Gasteiger partial charge in [0.1, 0.15) is 15.7 Å². The van der Waals surface area contributed by atoms with Gasteiger partial charge in [0.2, 0.25) is 0 Å². The molecule has 0 unspecified atom stereocenters. The lowest BCUT2D eigenvalue weighted by molar-refractivity contribution is 0.453. The molecule has 1 heterocycles. The van der Waals surface area contributed by atoms with Crippen molar-refractivity contribution in [3.05, 3.63) is 23.9 Å². The van der Waals surface area contributed by atoms with Crippen LogP contribution >= 0.6 is 0 Å². The molecule has 0 aromatic carbocycles. The van der Waals surface area contributed by atoms with Gasteiger partial charge in [-0.25, -0.2) is 13.4 Å². The zero-order chi connectivity index (χ0) is 13.2. The second-order valence-electron chi connectivity index (χ2n) is 5.17. The Kier molecular flexibility index (Phi) is 3.90. The summed E-state index contributed by atoms with van der Waals surface area (Å²) in [6, 6.07) is 4.33. The van der Waals surface area contributed by atoms with Gasteiger partial charge in [-0.3, -0.25) is 0 Å². The molecule has 1 aliphatic carbocycles. The molecular weight excluding hydrogens is 248 g/mol. The van der Waals surface area contributed by atoms with Gasteiger partial charge in [0.15, 0.2) is 0 Å². The summed E-state index contributed by atoms with van der Waals surface area (Å²) in [5.41, 5.74) is 1.18. The molecule has 0 radical (unpaired) electrons. The van der Waals surface area contributed by atoms with Crippen LogP contribution in [0.3, 0.4) is 0 Å². The Morgan fingerprint density at radius 1 is 1.28 bits per heavy atom. The number of pyridine rings is 1. The summed E-state index contributed by atoms with van der Waals surface area (Å²) in [5.74, 6) is 0.887. The zero-order valence-corrected chi connectivity index (χ0v) is 11.7. The van der Waals surface area contributed by atoms with Crippen molar-refractivity contribution in [3.63, 3.8) is 0 Å². The standard InChI is InChI=1S/C13H20N2O2S/c1-10-7-8-14-13(9-10)15-11-3-5-12(6-4-11)18(2,16)17/h7-9,11-12H,3-6H2,1-2H3,(H,14,15). The van der Waals surface area contributed by atoms with Gasteiger partial charge in [-0.15, -0.1) is 0 Å². The minimum atomic E-state index is -2.87. The minimum absolute atomic E-state index is 0.152. The highest BCUT2D eigenvalue weighted by Gasteiger charge is 2.27. The molecule has 4 nitrogen and oxygen atoms in total. The van der Waals surface area contributed by atoms with Gasteiger partial charge in [0.25, 0.3) is 0 Å². The van der Waals surface area contributed by atoms with Crippen molar-refractivity contribution in [2.75, 3.05) is 11.6 Å². The Hall–Kier alpha value is -1.10. The van der Waals surface area contributed by atoms with Crippen molar-refractivity contribution in [2.45, 2.75) is 43.9 Å². The zero-order valence-electron chi connectivity index (χ0n) is 10.9. The Balaban J connectivity index is 1.91. The van der Waals surface area contributed by atoms with E-state index in [0.717, 1.165) is 31.5 Å². The number of aromatic nitrogens is 1. The number of sulfone groups is 1. The molecule has 1 fully saturated rings. The lowest BCUT2D eigenvalue weighted by Gasteiger charge is -2.28. The van der Waals surface area contributed by atoms with Gasteiger partial charge in [-0.1, -0.05) is 0 Å². The van der Waals surface area contributed by atoms with Crippen LogP contribution in [0.5, 0.6) is 0 Å². The highest BCUT2D eigenvalue weighted by molar-refractivity contribution is 7.91. The number of nitrogens with one attached hydrogen (secondary N) is 1. The molecule has 0 bridgehead atoms. The molecule has 18 heavy (non-hydrogen) atoms. The summed E-state index contributed by atoms with van der Waals surface area (Å²) in [4.78, 5) is 4.27. The fraction of sp³-hybridized carbons (Fsp3) is 0.615. The number of rotatable bonds is 3. The van der Waals surface area contributed by atoms with E-state index in [1.165, 1.54) is 11.8 Å². The van der Waals surface area contributed by atoms with E-state index in [4.69, 9.17) is 0 Å². The summed E-state index contributed by atoms with van der Waals surface area (Å²) in [6.07, 6.45) is 6.43. The number of anilines is 1. The molecule has 1 aromatic rings. The monoisotopic (exact) mass is 268 g/mol. The second-order valence-corrected chi connectivity index (χ2v) is 7.49. The van der Waals surface area contributed by atoms with Crippen LogP contribution in [0.15, 0.2) is 18.3 Å². The maximum Gasteiger partial charge on any atom is 0.150 e. The number of hydrogen-bond acceptors (Lipinski definition) is 4. The van der Waals surface area contributed by atoms with Gasteiger partial charge in [0, 0.05) is 18.5 Å². The predicted octanol–water partition coefficient (Wildman–Crippen LogP) is 2.16. The Morgan fingerprint density at radius 2 is 1.94 bits per heavy atom. The molecule has 0 amide bonds. The van der Waals surface area contributed by atoms with Gasteiger partial charge in [-0.05, 0) is 50.3 Å². The van der Waals surface area contributed by atoms with E-state index >= 15 is 0 Å². The van der Waals surface area contributed by atoms with Gasteiger partial charge < -0.3 is 5.32 Å². The second kappa shape index (κ2) is 5.26. The first-order chi connectivity index (χ1) is 8.45. The van der Waals surface area contributed by atoms with Crippen molar-refractivity contribution in [1.82, 2.24) is 4.98 Å². The largest absolute Gasteiger partial charge is 0.367 e. The molecule has 0 aliphatic heterocycles. The first-order valence-corrected chi connectivity index (χ1v) is 8.28. The number of aryl methyl sites for hydroxylation is 1. The molecular formula is C13H20N2O2S. The predicted molar refractivity (Wildman–Crippen MR) is 73.5 cm³/mol. The van der Waals surface area contributed by atoms with E-state index in [1.807, 2.05) is 19.1 Å². The maximum atomic E-state index is 11.5.